The Bertz CT molecular complexity index is 708. The third-order valence-electron chi connectivity index (χ3n) is 4.02. The van der Waals surface area contributed by atoms with E-state index >= 15 is 0 Å². The van der Waals surface area contributed by atoms with Gasteiger partial charge >= 0.3 is 0 Å². The quantitative estimate of drug-likeness (QED) is 0.864. The minimum Gasteiger partial charge on any atom is -0.335 e. The number of rotatable bonds is 3. The maximum absolute atomic E-state index is 13.7. The SMILES string of the molecule is Cn1ccc(C(=O)N2CCN(Cc3cccc(F)c3F)CC2)n1. The van der Waals surface area contributed by atoms with Crippen molar-refractivity contribution in [3.8, 4) is 0 Å². The van der Waals surface area contributed by atoms with E-state index in [4.69, 9.17) is 0 Å². The predicted molar refractivity (Wildman–Crippen MR) is 80.7 cm³/mol. The second-order valence-corrected chi connectivity index (χ2v) is 5.66. The third kappa shape index (κ3) is 3.39. The number of nitrogens with zero attached hydrogens (tertiary/aromatic N) is 4. The number of carbonyl (C=O) groups excluding carboxylic acids is 1. The van der Waals surface area contributed by atoms with E-state index < -0.39 is 11.6 Å². The Kier molecular flexibility index (Phi) is 4.38. The molecule has 0 N–H and O–H groups in total. The number of amides is 1. The van der Waals surface area contributed by atoms with Gasteiger partial charge in [0.05, 0.1) is 0 Å². The predicted octanol–water partition coefficient (Wildman–Crippen LogP) is 1.66. The Morgan fingerprint density at radius 1 is 1.17 bits per heavy atom. The Hall–Kier alpha value is -2.28. The molecule has 1 aliphatic heterocycles. The molecule has 2 aromatic rings. The highest BCUT2D eigenvalue weighted by Crippen LogP contribution is 2.15. The minimum absolute atomic E-state index is 0.0952. The maximum Gasteiger partial charge on any atom is 0.274 e. The van der Waals surface area contributed by atoms with Crippen LogP contribution in [0.5, 0.6) is 0 Å². The first-order valence-corrected chi connectivity index (χ1v) is 7.49. The van der Waals surface area contributed by atoms with Crippen molar-refractivity contribution < 1.29 is 13.6 Å². The Labute approximate surface area is 133 Å². The van der Waals surface area contributed by atoms with Crippen molar-refractivity contribution in [3.05, 3.63) is 53.4 Å². The van der Waals surface area contributed by atoms with Gasteiger partial charge in [-0.1, -0.05) is 12.1 Å². The first-order valence-electron chi connectivity index (χ1n) is 7.49. The molecule has 0 atom stereocenters. The van der Waals surface area contributed by atoms with Crippen molar-refractivity contribution in [2.75, 3.05) is 26.2 Å². The van der Waals surface area contributed by atoms with E-state index in [1.807, 2.05) is 4.90 Å². The van der Waals surface area contributed by atoms with Gasteiger partial charge in [0.15, 0.2) is 11.6 Å². The fraction of sp³-hybridized carbons (Fsp3) is 0.375. The summed E-state index contributed by atoms with van der Waals surface area (Å²) >= 11 is 0. The lowest BCUT2D eigenvalue weighted by atomic mass is 10.1. The van der Waals surface area contributed by atoms with Crippen molar-refractivity contribution in [3.63, 3.8) is 0 Å². The molecule has 3 rings (SSSR count). The molecule has 0 unspecified atom stereocenters. The lowest BCUT2D eigenvalue weighted by Crippen LogP contribution is -2.48. The van der Waals surface area contributed by atoms with Crippen molar-refractivity contribution in [2.24, 2.45) is 7.05 Å². The molecule has 1 saturated heterocycles. The van der Waals surface area contributed by atoms with E-state index in [2.05, 4.69) is 5.10 Å². The van der Waals surface area contributed by atoms with Gasteiger partial charge < -0.3 is 4.90 Å². The lowest BCUT2D eigenvalue weighted by Gasteiger charge is -2.34. The van der Waals surface area contributed by atoms with Crippen LogP contribution in [0.25, 0.3) is 0 Å². The highest BCUT2D eigenvalue weighted by molar-refractivity contribution is 5.92. The molecular weight excluding hydrogens is 302 g/mol. The molecule has 0 bridgehead atoms. The summed E-state index contributed by atoms with van der Waals surface area (Å²) in [7, 11) is 1.77. The lowest BCUT2D eigenvalue weighted by molar-refractivity contribution is 0.0620. The van der Waals surface area contributed by atoms with Crippen LogP contribution in [0.1, 0.15) is 16.1 Å². The zero-order chi connectivity index (χ0) is 16.4. The zero-order valence-corrected chi connectivity index (χ0v) is 12.9. The fourth-order valence-electron chi connectivity index (χ4n) is 2.71. The summed E-state index contributed by atoms with van der Waals surface area (Å²) in [5, 5.41) is 4.11. The molecule has 1 aromatic carbocycles. The average molecular weight is 320 g/mol. The smallest absolute Gasteiger partial charge is 0.274 e. The molecule has 0 aliphatic carbocycles. The maximum atomic E-state index is 13.7. The zero-order valence-electron chi connectivity index (χ0n) is 12.9. The van der Waals surface area contributed by atoms with Gasteiger partial charge in [-0.05, 0) is 12.1 Å². The molecule has 0 saturated carbocycles. The van der Waals surface area contributed by atoms with Gasteiger partial charge in [-0.25, -0.2) is 8.78 Å². The Balaban J connectivity index is 1.58. The van der Waals surface area contributed by atoms with Crippen LogP contribution >= 0.6 is 0 Å². The molecular formula is C16H18F2N4O. The molecule has 0 radical (unpaired) electrons. The fourth-order valence-corrected chi connectivity index (χ4v) is 2.71. The van der Waals surface area contributed by atoms with E-state index in [1.54, 1.807) is 35.0 Å². The van der Waals surface area contributed by atoms with Crippen LogP contribution in [0.4, 0.5) is 8.78 Å². The van der Waals surface area contributed by atoms with E-state index in [-0.39, 0.29) is 5.91 Å². The number of carbonyl (C=O) groups is 1. The van der Waals surface area contributed by atoms with Gasteiger partial charge in [-0.2, -0.15) is 5.10 Å². The van der Waals surface area contributed by atoms with E-state index in [9.17, 15) is 13.6 Å². The summed E-state index contributed by atoms with van der Waals surface area (Å²) in [5.41, 5.74) is 0.770. The van der Waals surface area contributed by atoms with Crippen LogP contribution in [-0.4, -0.2) is 51.7 Å². The summed E-state index contributed by atoms with van der Waals surface area (Å²) in [4.78, 5) is 16.0. The van der Waals surface area contributed by atoms with Crippen LogP contribution in [0.15, 0.2) is 30.5 Å². The number of piperazine rings is 1. The monoisotopic (exact) mass is 320 g/mol. The van der Waals surface area contributed by atoms with Gasteiger partial charge in [0.2, 0.25) is 0 Å². The molecule has 1 fully saturated rings. The minimum atomic E-state index is -0.827. The second kappa shape index (κ2) is 6.45. The molecule has 1 aliphatic rings. The van der Waals surface area contributed by atoms with Gasteiger partial charge in [-0.15, -0.1) is 0 Å². The van der Waals surface area contributed by atoms with Crippen LogP contribution in [0, 0.1) is 11.6 Å². The molecule has 1 aromatic heterocycles. The second-order valence-electron chi connectivity index (χ2n) is 5.66. The largest absolute Gasteiger partial charge is 0.335 e. The van der Waals surface area contributed by atoms with E-state index in [1.165, 1.54) is 6.07 Å². The number of halogens is 2. The highest BCUT2D eigenvalue weighted by atomic mass is 19.2. The highest BCUT2D eigenvalue weighted by Gasteiger charge is 2.24. The molecule has 2 heterocycles. The number of hydrogen-bond acceptors (Lipinski definition) is 3. The summed E-state index contributed by atoms with van der Waals surface area (Å²) < 4.78 is 28.5. The summed E-state index contributed by atoms with van der Waals surface area (Å²) in [6.45, 7) is 2.68. The summed E-state index contributed by atoms with van der Waals surface area (Å²) in [6, 6.07) is 5.90. The normalized spacial score (nSPS) is 15.9. The molecule has 7 heteroatoms. The number of aromatic nitrogens is 2. The number of hydrogen-bond donors (Lipinski definition) is 0. The van der Waals surface area contributed by atoms with Gasteiger partial charge in [0.25, 0.3) is 5.91 Å². The average Bonchev–Trinajstić information content (AvgIpc) is 2.98. The first-order chi connectivity index (χ1) is 11.0. The van der Waals surface area contributed by atoms with Gasteiger partial charge in [0.1, 0.15) is 5.69 Å². The van der Waals surface area contributed by atoms with E-state index in [0.717, 1.165) is 6.07 Å². The van der Waals surface area contributed by atoms with Crippen molar-refractivity contribution in [2.45, 2.75) is 6.54 Å². The van der Waals surface area contributed by atoms with Crippen molar-refractivity contribution in [1.29, 1.82) is 0 Å². The molecule has 5 nitrogen and oxygen atoms in total. The number of aryl methyl sites for hydroxylation is 1. The van der Waals surface area contributed by atoms with Gasteiger partial charge in [-0.3, -0.25) is 14.4 Å². The van der Waals surface area contributed by atoms with Crippen molar-refractivity contribution in [1.82, 2.24) is 19.6 Å². The van der Waals surface area contributed by atoms with Crippen molar-refractivity contribution >= 4 is 5.91 Å². The number of benzene rings is 1. The summed E-state index contributed by atoms with van der Waals surface area (Å²) in [5.74, 6) is -1.71. The standard InChI is InChI=1S/C16H18F2N4O/c1-20-6-5-14(19-20)16(23)22-9-7-21(8-10-22)11-12-3-2-4-13(17)15(12)18/h2-6H,7-11H2,1H3. The van der Waals surface area contributed by atoms with E-state index in [0.29, 0.717) is 44.0 Å². The Morgan fingerprint density at radius 2 is 1.91 bits per heavy atom. The topological polar surface area (TPSA) is 41.4 Å². The van der Waals surface area contributed by atoms with Crippen LogP contribution in [0.3, 0.4) is 0 Å². The van der Waals surface area contributed by atoms with Gasteiger partial charge in [0, 0.05) is 51.5 Å². The molecule has 1 amide bonds. The third-order valence-corrected chi connectivity index (χ3v) is 4.02. The molecule has 122 valence electrons. The molecule has 0 spiro atoms. The first kappa shape index (κ1) is 15.6. The van der Waals surface area contributed by atoms with Crippen LogP contribution < -0.4 is 0 Å². The van der Waals surface area contributed by atoms with Crippen LogP contribution in [0.2, 0.25) is 0 Å². The summed E-state index contributed by atoms with van der Waals surface area (Å²) in [6.07, 6.45) is 1.73. The Morgan fingerprint density at radius 3 is 2.57 bits per heavy atom. The van der Waals surface area contributed by atoms with Crippen LogP contribution in [-0.2, 0) is 13.6 Å². The molecule has 23 heavy (non-hydrogen) atoms.